The molecule has 2 aliphatic rings. The van der Waals surface area contributed by atoms with Crippen LogP contribution in [0.4, 0.5) is 0 Å². The molecular formula is C59H105NO13. The zero-order chi connectivity index (χ0) is 53.2. The van der Waals surface area contributed by atoms with Gasteiger partial charge in [0.2, 0.25) is 5.91 Å². The zero-order valence-corrected chi connectivity index (χ0v) is 45.4. The van der Waals surface area contributed by atoms with Crippen LogP contribution < -0.4 is 5.32 Å². The number of allylic oxidation sites excluding steroid dienone is 10. The quantitative estimate of drug-likeness (QED) is 0.0205. The number of carbonyl (C=O) groups excluding carboxylic acids is 1. The van der Waals surface area contributed by atoms with E-state index < -0.39 is 86.8 Å². The third kappa shape index (κ3) is 30.9. The summed E-state index contributed by atoms with van der Waals surface area (Å²) in [6.45, 7) is 2.74. The second-order valence-corrected chi connectivity index (χ2v) is 20.4. The van der Waals surface area contributed by atoms with Gasteiger partial charge in [0.05, 0.1) is 32.0 Å². The highest BCUT2D eigenvalue weighted by atomic mass is 16.7. The van der Waals surface area contributed by atoms with Gasteiger partial charge in [-0.3, -0.25) is 4.79 Å². The minimum absolute atomic E-state index is 0.226. The summed E-state index contributed by atoms with van der Waals surface area (Å²) >= 11 is 0. The van der Waals surface area contributed by atoms with Gasteiger partial charge in [0.1, 0.15) is 48.8 Å². The van der Waals surface area contributed by atoms with Crippen LogP contribution in [-0.2, 0) is 23.7 Å². The van der Waals surface area contributed by atoms with Crippen molar-refractivity contribution in [2.75, 3.05) is 19.8 Å². The van der Waals surface area contributed by atoms with E-state index in [1.807, 2.05) is 0 Å². The van der Waals surface area contributed by atoms with E-state index in [9.17, 15) is 45.6 Å². The van der Waals surface area contributed by atoms with Gasteiger partial charge in [-0.05, 0) is 57.8 Å². The fourth-order valence-corrected chi connectivity index (χ4v) is 9.32. The van der Waals surface area contributed by atoms with E-state index in [1.54, 1.807) is 0 Å². The molecule has 14 heteroatoms. The molecule has 0 aromatic carbocycles. The van der Waals surface area contributed by atoms with E-state index in [0.717, 1.165) is 89.9 Å². The summed E-state index contributed by atoms with van der Waals surface area (Å²) in [4.78, 5) is 13.3. The number of carbonyl (C=O) groups is 1. The van der Waals surface area contributed by atoms with E-state index in [-0.39, 0.29) is 18.9 Å². The number of unbranched alkanes of at least 4 members (excludes halogenated alkanes) is 22. The maximum atomic E-state index is 13.3. The van der Waals surface area contributed by atoms with Crippen molar-refractivity contribution in [2.24, 2.45) is 0 Å². The molecule has 2 heterocycles. The average molecular weight is 1040 g/mol. The highest BCUT2D eigenvalue weighted by Crippen LogP contribution is 2.30. The molecule has 12 atom stereocenters. The van der Waals surface area contributed by atoms with Crippen molar-refractivity contribution in [1.29, 1.82) is 0 Å². The van der Waals surface area contributed by atoms with Gasteiger partial charge in [-0.15, -0.1) is 0 Å². The maximum Gasteiger partial charge on any atom is 0.220 e. The van der Waals surface area contributed by atoms with Gasteiger partial charge in [0.25, 0.3) is 0 Å². The summed E-state index contributed by atoms with van der Waals surface area (Å²) < 4.78 is 22.8. The lowest BCUT2D eigenvalue weighted by atomic mass is 9.97. The van der Waals surface area contributed by atoms with Crippen LogP contribution >= 0.6 is 0 Å². The number of aliphatic hydroxyl groups is 8. The summed E-state index contributed by atoms with van der Waals surface area (Å²) in [6, 6.07) is -0.842. The molecule has 12 unspecified atom stereocenters. The molecule has 14 nitrogen and oxygen atoms in total. The van der Waals surface area contributed by atoms with Crippen LogP contribution in [0.3, 0.4) is 0 Å². The molecule has 0 aromatic rings. The summed E-state index contributed by atoms with van der Waals surface area (Å²) in [7, 11) is 0. The third-order valence-corrected chi connectivity index (χ3v) is 14.0. The van der Waals surface area contributed by atoms with Gasteiger partial charge >= 0.3 is 0 Å². The highest BCUT2D eigenvalue weighted by Gasteiger charge is 2.51. The number of aliphatic hydroxyl groups excluding tert-OH is 8. The van der Waals surface area contributed by atoms with Gasteiger partial charge < -0.3 is 65.1 Å². The van der Waals surface area contributed by atoms with Crippen molar-refractivity contribution < 1.29 is 64.6 Å². The van der Waals surface area contributed by atoms with Crippen LogP contribution in [0.2, 0.25) is 0 Å². The predicted molar refractivity (Wildman–Crippen MR) is 290 cm³/mol. The molecule has 2 aliphatic heterocycles. The Labute approximate surface area is 441 Å². The topological polar surface area (TPSA) is 228 Å². The number of rotatable bonds is 45. The molecular weight excluding hydrogens is 931 g/mol. The Morgan fingerprint density at radius 3 is 1.45 bits per heavy atom. The molecule has 0 spiro atoms. The Morgan fingerprint density at radius 2 is 0.945 bits per heavy atom. The van der Waals surface area contributed by atoms with Crippen molar-refractivity contribution in [2.45, 2.75) is 286 Å². The first-order valence-corrected chi connectivity index (χ1v) is 29.0. The Balaban J connectivity index is 1.79. The van der Waals surface area contributed by atoms with E-state index in [1.165, 1.54) is 89.9 Å². The molecule has 2 rings (SSSR count). The Kier molecular flexibility index (Phi) is 41.0. The van der Waals surface area contributed by atoms with Crippen LogP contribution in [0.15, 0.2) is 60.8 Å². The molecule has 0 bridgehead atoms. The van der Waals surface area contributed by atoms with Gasteiger partial charge in [0, 0.05) is 6.42 Å². The second-order valence-electron chi connectivity index (χ2n) is 20.4. The molecule has 1 amide bonds. The second kappa shape index (κ2) is 44.8. The zero-order valence-electron chi connectivity index (χ0n) is 45.4. The van der Waals surface area contributed by atoms with E-state index in [2.05, 4.69) is 79.9 Å². The van der Waals surface area contributed by atoms with E-state index in [0.29, 0.717) is 12.8 Å². The van der Waals surface area contributed by atoms with Crippen LogP contribution in [0.25, 0.3) is 0 Å². The minimum atomic E-state index is -1.79. The third-order valence-electron chi connectivity index (χ3n) is 14.0. The van der Waals surface area contributed by atoms with Crippen molar-refractivity contribution >= 4 is 5.91 Å². The Morgan fingerprint density at radius 1 is 0.507 bits per heavy atom. The molecule has 2 saturated heterocycles. The molecule has 2 fully saturated rings. The van der Waals surface area contributed by atoms with Crippen molar-refractivity contribution in [3.63, 3.8) is 0 Å². The summed E-state index contributed by atoms with van der Waals surface area (Å²) in [5.74, 6) is -0.226. The minimum Gasteiger partial charge on any atom is -0.394 e. The molecule has 0 saturated carbocycles. The monoisotopic (exact) mass is 1040 g/mol. The lowest BCUT2D eigenvalue weighted by Gasteiger charge is -2.46. The summed E-state index contributed by atoms with van der Waals surface area (Å²) in [5.41, 5.74) is 0. The normalized spacial score (nSPS) is 25.8. The summed E-state index contributed by atoms with van der Waals surface area (Å²) in [5, 5.41) is 87.2. The fourth-order valence-electron chi connectivity index (χ4n) is 9.32. The van der Waals surface area contributed by atoms with Gasteiger partial charge in [-0.1, -0.05) is 209 Å². The maximum absolute atomic E-state index is 13.3. The van der Waals surface area contributed by atoms with Crippen LogP contribution in [0, 0.1) is 0 Å². The number of hydrogen-bond acceptors (Lipinski definition) is 13. The van der Waals surface area contributed by atoms with Gasteiger partial charge in [0.15, 0.2) is 12.6 Å². The van der Waals surface area contributed by atoms with Gasteiger partial charge in [-0.2, -0.15) is 0 Å². The van der Waals surface area contributed by atoms with Crippen molar-refractivity contribution in [3.05, 3.63) is 60.8 Å². The molecule has 0 radical (unpaired) electrons. The smallest absolute Gasteiger partial charge is 0.220 e. The standard InChI is InChI=1S/C59H105NO13/c1-3-5-7-9-11-13-15-17-19-21-23-24-25-27-29-31-33-35-37-39-41-43-51(64)60-47(48(63)42-40-38-36-34-32-30-28-26-22-20-18-16-14-12-10-8-6-4-2)46-70-58-56(69)54(67)57(50(45-62)72-58)73-59-55(68)53(66)52(65)49(44-61)71-59/h5,7,11,13,17,19,23-24,27,29,47-50,52-59,61-63,65-69H,3-4,6,8-10,12,14-16,18,20-22,25-26,28,30-46H2,1-2H3,(H,60,64)/b7-5-,13-11-,19-17-,24-23-,29-27-. The van der Waals surface area contributed by atoms with Crippen LogP contribution in [-0.4, -0.2) is 140 Å². The van der Waals surface area contributed by atoms with Crippen LogP contribution in [0.1, 0.15) is 213 Å². The lowest BCUT2D eigenvalue weighted by Crippen LogP contribution is -2.65. The van der Waals surface area contributed by atoms with E-state index in [4.69, 9.17) is 18.9 Å². The first-order valence-electron chi connectivity index (χ1n) is 29.0. The number of ether oxygens (including phenoxy) is 4. The Bertz CT molecular complexity index is 1450. The summed E-state index contributed by atoms with van der Waals surface area (Å²) in [6.07, 6.45) is 39.2. The number of amides is 1. The van der Waals surface area contributed by atoms with Crippen molar-refractivity contribution in [3.8, 4) is 0 Å². The van der Waals surface area contributed by atoms with Gasteiger partial charge in [-0.25, -0.2) is 0 Å². The molecule has 0 aliphatic carbocycles. The van der Waals surface area contributed by atoms with Crippen molar-refractivity contribution in [1.82, 2.24) is 5.32 Å². The Hall–Kier alpha value is -2.31. The first-order chi connectivity index (χ1) is 35.6. The predicted octanol–water partition coefficient (Wildman–Crippen LogP) is 9.39. The highest BCUT2D eigenvalue weighted by molar-refractivity contribution is 5.76. The molecule has 424 valence electrons. The molecule has 9 N–H and O–H groups in total. The number of hydrogen-bond donors (Lipinski definition) is 9. The molecule has 73 heavy (non-hydrogen) atoms. The SMILES string of the molecule is CC/C=C\C/C=C\C/C=C\C/C=C\C/C=C\CCCCCCCC(=O)NC(COC1OC(CO)C(OC2OC(CO)C(O)C(O)C2O)C(O)C1O)C(O)CCCCCCCCCCCCCCCCCCCC. The first kappa shape index (κ1) is 66.8. The largest absolute Gasteiger partial charge is 0.394 e. The lowest BCUT2D eigenvalue weighted by molar-refractivity contribution is -0.359. The number of nitrogens with one attached hydrogen (secondary N) is 1. The van der Waals surface area contributed by atoms with Crippen LogP contribution in [0.5, 0.6) is 0 Å². The average Bonchev–Trinajstić information content (AvgIpc) is 3.39. The van der Waals surface area contributed by atoms with E-state index >= 15 is 0 Å². The fraction of sp³-hybridized carbons (Fsp3) is 0.814. The molecule has 0 aromatic heterocycles.